The van der Waals surface area contributed by atoms with Crippen LogP contribution in [-0.2, 0) is 11.3 Å². The Labute approximate surface area is 156 Å². The molecule has 2 N–H and O–H groups in total. The topological polar surface area (TPSA) is 97.1 Å². The molecule has 0 fully saturated rings. The molecule has 0 aliphatic heterocycles. The van der Waals surface area contributed by atoms with Crippen LogP contribution in [-0.4, -0.2) is 22.0 Å². The molecule has 7 nitrogen and oxygen atoms in total. The number of hydrogen-bond donors (Lipinski definition) is 2. The molecule has 1 heterocycles. The van der Waals surface area contributed by atoms with Crippen LogP contribution in [0.4, 0.5) is 5.69 Å². The van der Waals surface area contributed by atoms with Gasteiger partial charge in [0, 0.05) is 23.4 Å². The zero-order valence-electron chi connectivity index (χ0n) is 14.7. The Morgan fingerprint density at radius 3 is 2.56 bits per heavy atom. The molecule has 1 aromatic heterocycles. The SMILES string of the molecule is C=CC(=O)NCc1ccccc1C(=O)Nc1ccc(-c2nc(C)no2)cc1. The van der Waals surface area contributed by atoms with E-state index in [4.69, 9.17) is 4.52 Å². The first-order valence-corrected chi connectivity index (χ1v) is 8.27. The Kier molecular flexibility index (Phi) is 5.41. The molecule has 0 saturated carbocycles. The van der Waals surface area contributed by atoms with Crippen molar-refractivity contribution in [3.05, 3.63) is 78.1 Å². The van der Waals surface area contributed by atoms with Crippen molar-refractivity contribution < 1.29 is 14.1 Å². The van der Waals surface area contributed by atoms with Crippen molar-refractivity contribution in [2.24, 2.45) is 0 Å². The lowest BCUT2D eigenvalue weighted by molar-refractivity contribution is -0.116. The van der Waals surface area contributed by atoms with Crippen molar-refractivity contribution in [1.82, 2.24) is 15.5 Å². The maximum absolute atomic E-state index is 12.6. The number of rotatable bonds is 6. The van der Waals surface area contributed by atoms with Crippen molar-refractivity contribution in [2.45, 2.75) is 13.5 Å². The Balaban J connectivity index is 1.72. The van der Waals surface area contributed by atoms with Gasteiger partial charge in [0.15, 0.2) is 5.82 Å². The monoisotopic (exact) mass is 362 g/mol. The van der Waals surface area contributed by atoms with Crippen LogP contribution in [0, 0.1) is 6.92 Å². The lowest BCUT2D eigenvalue weighted by atomic mass is 10.1. The fourth-order valence-corrected chi connectivity index (χ4v) is 2.46. The van der Waals surface area contributed by atoms with Gasteiger partial charge >= 0.3 is 0 Å². The van der Waals surface area contributed by atoms with E-state index in [2.05, 4.69) is 27.4 Å². The number of benzene rings is 2. The molecule has 0 spiro atoms. The molecular formula is C20H18N4O3. The summed E-state index contributed by atoms with van der Waals surface area (Å²) >= 11 is 0. The van der Waals surface area contributed by atoms with Crippen molar-refractivity contribution in [2.75, 3.05) is 5.32 Å². The fraction of sp³-hybridized carbons (Fsp3) is 0.100. The molecule has 0 radical (unpaired) electrons. The first kappa shape index (κ1) is 18.1. The van der Waals surface area contributed by atoms with E-state index in [0.29, 0.717) is 28.5 Å². The van der Waals surface area contributed by atoms with Crippen LogP contribution in [0.3, 0.4) is 0 Å². The van der Waals surface area contributed by atoms with Gasteiger partial charge in [-0.2, -0.15) is 4.98 Å². The summed E-state index contributed by atoms with van der Waals surface area (Å²) in [5.74, 6) is 0.424. The molecule has 7 heteroatoms. The van der Waals surface area contributed by atoms with E-state index in [9.17, 15) is 9.59 Å². The fourth-order valence-electron chi connectivity index (χ4n) is 2.46. The highest BCUT2D eigenvalue weighted by molar-refractivity contribution is 6.05. The minimum atomic E-state index is -0.294. The largest absolute Gasteiger partial charge is 0.348 e. The van der Waals surface area contributed by atoms with Crippen molar-refractivity contribution >= 4 is 17.5 Å². The Morgan fingerprint density at radius 2 is 1.89 bits per heavy atom. The minimum absolute atomic E-state index is 0.240. The Morgan fingerprint density at radius 1 is 1.15 bits per heavy atom. The van der Waals surface area contributed by atoms with Crippen LogP contribution in [0.2, 0.25) is 0 Å². The van der Waals surface area contributed by atoms with Gasteiger partial charge in [0.1, 0.15) is 0 Å². The predicted molar refractivity (Wildman–Crippen MR) is 101 cm³/mol. The number of carbonyl (C=O) groups is 2. The number of nitrogens with zero attached hydrogens (tertiary/aromatic N) is 2. The number of anilines is 1. The van der Waals surface area contributed by atoms with Crippen LogP contribution >= 0.6 is 0 Å². The first-order valence-electron chi connectivity index (χ1n) is 8.27. The summed E-state index contributed by atoms with van der Waals surface area (Å²) in [4.78, 5) is 28.1. The van der Waals surface area contributed by atoms with E-state index < -0.39 is 0 Å². The third-order valence-corrected chi connectivity index (χ3v) is 3.82. The molecule has 3 aromatic rings. The van der Waals surface area contributed by atoms with Crippen molar-refractivity contribution in [3.8, 4) is 11.5 Å². The Hall–Kier alpha value is -3.74. The second kappa shape index (κ2) is 8.09. The van der Waals surface area contributed by atoms with E-state index in [0.717, 1.165) is 5.56 Å². The van der Waals surface area contributed by atoms with Crippen molar-refractivity contribution in [1.29, 1.82) is 0 Å². The molecule has 0 aliphatic carbocycles. The van der Waals surface area contributed by atoms with Gasteiger partial charge in [-0.3, -0.25) is 9.59 Å². The summed E-state index contributed by atoms with van der Waals surface area (Å²) < 4.78 is 5.12. The number of hydrogen-bond acceptors (Lipinski definition) is 5. The average molecular weight is 362 g/mol. The quantitative estimate of drug-likeness (QED) is 0.657. The van der Waals surface area contributed by atoms with E-state index in [1.165, 1.54) is 6.08 Å². The molecule has 27 heavy (non-hydrogen) atoms. The summed E-state index contributed by atoms with van der Waals surface area (Å²) in [5, 5.41) is 9.28. The lowest BCUT2D eigenvalue weighted by Gasteiger charge is -2.11. The zero-order valence-corrected chi connectivity index (χ0v) is 14.7. The minimum Gasteiger partial charge on any atom is -0.348 e. The summed E-state index contributed by atoms with van der Waals surface area (Å²) in [7, 11) is 0. The van der Waals surface area contributed by atoms with Crippen LogP contribution in [0.5, 0.6) is 0 Å². The normalized spacial score (nSPS) is 10.3. The number of aryl methyl sites for hydroxylation is 1. The summed E-state index contributed by atoms with van der Waals surface area (Å²) in [5.41, 5.74) is 2.59. The predicted octanol–water partition coefficient (Wildman–Crippen LogP) is 3.10. The third kappa shape index (κ3) is 4.46. The van der Waals surface area contributed by atoms with Gasteiger partial charge in [0.05, 0.1) is 0 Å². The molecule has 0 unspecified atom stereocenters. The number of carbonyl (C=O) groups excluding carboxylic acids is 2. The van der Waals surface area contributed by atoms with Crippen LogP contribution in [0.1, 0.15) is 21.7 Å². The van der Waals surface area contributed by atoms with Gasteiger partial charge in [-0.1, -0.05) is 29.9 Å². The molecule has 136 valence electrons. The van der Waals surface area contributed by atoms with E-state index in [1.807, 2.05) is 6.07 Å². The van der Waals surface area contributed by atoms with Crippen LogP contribution in [0.25, 0.3) is 11.5 Å². The molecule has 2 aromatic carbocycles. The highest BCUT2D eigenvalue weighted by atomic mass is 16.5. The maximum Gasteiger partial charge on any atom is 0.257 e. The van der Waals surface area contributed by atoms with E-state index >= 15 is 0 Å². The first-order chi connectivity index (χ1) is 13.1. The van der Waals surface area contributed by atoms with Gasteiger partial charge < -0.3 is 15.2 Å². The molecule has 2 amide bonds. The number of amides is 2. The van der Waals surface area contributed by atoms with E-state index in [-0.39, 0.29) is 18.4 Å². The average Bonchev–Trinajstić information content (AvgIpc) is 3.13. The smallest absolute Gasteiger partial charge is 0.257 e. The molecular weight excluding hydrogens is 344 g/mol. The second-order valence-corrected chi connectivity index (χ2v) is 5.76. The number of nitrogens with one attached hydrogen (secondary N) is 2. The standard InChI is InChI=1S/C20H18N4O3/c1-3-18(25)21-12-15-6-4-5-7-17(15)19(26)23-16-10-8-14(9-11-16)20-22-13(2)24-27-20/h3-11H,1,12H2,2H3,(H,21,25)(H,23,26). The highest BCUT2D eigenvalue weighted by Gasteiger charge is 2.12. The zero-order chi connectivity index (χ0) is 19.2. The van der Waals surface area contributed by atoms with Gasteiger partial charge in [0.2, 0.25) is 5.91 Å². The summed E-state index contributed by atoms with van der Waals surface area (Å²) in [6.45, 7) is 5.40. The number of aromatic nitrogens is 2. The molecule has 3 rings (SSSR count). The highest BCUT2D eigenvalue weighted by Crippen LogP contribution is 2.20. The maximum atomic E-state index is 12.6. The van der Waals surface area contributed by atoms with Gasteiger partial charge in [-0.15, -0.1) is 0 Å². The third-order valence-electron chi connectivity index (χ3n) is 3.82. The molecule has 0 saturated heterocycles. The Bertz CT molecular complexity index is 977. The van der Waals surface area contributed by atoms with Crippen LogP contribution < -0.4 is 10.6 Å². The van der Waals surface area contributed by atoms with Gasteiger partial charge in [-0.05, 0) is 48.9 Å². The summed E-state index contributed by atoms with van der Waals surface area (Å²) in [6, 6.07) is 14.2. The summed E-state index contributed by atoms with van der Waals surface area (Å²) in [6.07, 6.45) is 1.19. The molecule has 0 atom stereocenters. The van der Waals surface area contributed by atoms with Gasteiger partial charge in [-0.25, -0.2) is 0 Å². The molecule has 0 bridgehead atoms. The van der Waals surface area contributed by atoms with Crippen molar-refractivity contribution in [3.63, 3.8) is 0 Å². The molecule has 0 aliphatic rings. The second-order valence-electron chi connectivity index (χ2n) is 5.76. The van der Waals surface area contributed by atoms with Crippen LogP contribution in [0.15, 0.2) is 65.7 Å². The van der Waals surface area contributed by atoms with Gasteiger partial charge in [0.25, 0.3) is 11.8 Å². The lowest BCUT2D eigenvalue weighted by Crippen LogP contribution is -2.22. The van der Waals surface area contributed by atoms with E-state index in [1.54, 1.807) is 49.4 Å².